The van der Waals surface area contributed by atoms with Crippen LogP contribution >= 0.6 is 11.3 Å². The van der Waals surface area contributed by atoms with Crippen molar-refractivity contribution in [2.24, 2.45) is 5.92 Å². The molecule has 1 aliphatic rings. The molecule has 0 radical (unpaired) electrons. The average molecular weight is 331 g/mol. The van der Waals surface area contributed by atoms with Crippen molar-refractivity contribution < 1.29 is 4.79 Å². The van der Waals surface area contributed by atoms with E-state index in [1.807, 2.05) is 12.1 Å². The maximum absolute atomic E-state index is 11.8. The zero-order valence-corrected chi connectivity index (χ0v) is 14.4. The summed E-state index contributed by atoms with van der Waals surface area (Å²) >= 11 is 1.43. The van der Waals surface area contributed by atoms with Crippen molar-refractivity contribution >= 4 is 23.1 Å². The maximum Gasteiger partial charge on any atom is 0.270 e. The largest absolute Gasteiger partial charge is 0.354 e. The Morgan fingerprint density at radius 1 is 1.35 bits per heavy atom. The summed E-state index contributed by atoms with van der Waals surface area (Å²) in [6.07, 6.45) is 0. The SMILES string of the molecule is CC(C)(C)c1ccc(N2CC(CNC(=O)c3cscn3)C2)nn1. The zero-order valence-electron chi connectivity index (χ0n) is 13.6. The third-order valence-electron chi connectivity index (χ3n) is 3.92. The summed E-state index contributed by atoms with van der Waals surface area (Å²) < 4.78 is 0. The van der Waals surface area contributed by atoms with E-state index in [2.05, 4.69) is 46.2 Å². The van der Waals surface area contributed by atoms with Gasteiger partial charge in [0.05, 0.1) is 11.2 Å². The number of carbonyl (C=O) groups excluding carboxylic acids is 1. The molecule has 0 aliphatic carbocycles. The lowest BCUT2D eigenvalue weighted by molar-refractivity contribution is 0.0940. The van der Waals surface area contributed by atoms with Gasteiger partial charge >= 0.3 is 0 Å². The second kappa shape index (κ2) is 6.23. The third-order valence-corrected chi connectivity index (χ3v) is 4.50. The molecule has 6 nitrogen and oxygen atoms in total. The third kappa shape index (κ3) is 3.67. The number of nitrogens with one attached hydrogen (secondary N) is 1. The van der Waals surface area contributed by atoms with Crippen molar-refractivity contribution in [3.63, 3.8) is 0 Å². The molecule has 0 bridgehead atoms. The van der Waals surface area contributed by atoms with Crippen LogP contribution in [0.4, 0.5) is 5.82 Å². The van der Waals surface area contributed by atoms with Gasteiger partial charge in [-0.2, -0.15) is 5.10 Å². The number of hydrogen-bond acceptors (Lipinski definition) is 6. The highest BCUT2D eigenvalue weighted by atomic mass is 32.1. The van der Waals surface area contributed by atoms with Gasteiger partial charge in [0.2, 0.25) is 0 Å². The van der Waals surface area contributed by atoms with Gasteiger partial charge in [-0.15, -0.1) is 16.4 Å². The summed E-state index contributed by atoms with van der Waals surface area (Å²) in [5.74, 6) is 1.25. The Balaban J connectivity index is 1.46. The number of amides is 1. The summed E-state index contributed by atoms with van der Waals surface area (Å²) in [6, 6.07) is 4.07. The molecule has 7 heteroatoms. The molecule has 0 spiro atoms. The summed E-state index contributed by atoms with van der Waals surface area (Å²) in [5, 5.41) is 13.3. The van der Waals surface area contributed by atoms with Crippen molar-refractivity contribution in [1.29, 1.82) is 0 Å². The van der Waals surface area contributed by atoms with Gasteiger partial charge in [0.15, 0.2) is 5.82 Å². The molecule has 1 amide bonds. The smallest absolute Gasteiger partial charge is 0.270 e. The number of hydrogen-bond donors (Lipinski definition) is 1. The standard InChI is InChI=1S/C16H21N5OS/c1-16(2,3)13-4-5-14(20-19-13)21-7-11(8-21)6-17-15(22)12-9-23-10-18-12/h4-5,9-11H,6-8H2,1-3H3,(H,17,22). The molecule has 2 aromatic rings. The van der Waals surface area contributed by atoms with E-state index in [1.54, 1.807) is 10.9 Å². The molecule has 23 heavy (non-hydrogen) atoms. The maximum atomic E-state index is 11.8. The van der Waals surface area contributed by atoms with Gasteiger partial charge in [-0.3, -0.25) is 4.79 Å². The van der Waals surface area contributed by atoms with Crippen LogP contribution in [0.1, 0.15) is 37.0 Å². The van der Waals surface area contributed by atoms with Crippen molar-refractivity contribution in [3.05, 3.63) is 34.4 Å². The first kappa shape index (κ1) is 15.9. The van der Waals surface area contributed by atoms with Gasteiger partial charge in [0, 0.05) is 36.3 Å². The first-order valence-corrected chi connectivity index (χ1v) is 8.63. The summed E-state index contributed by atoms with van der Waals surface area (Å²) in [5.41, 5.74) is 3.17. The summed E-state index contributed by atoms with van der Waals surface area (Å²) in [4.78, 5) is 18.0. The molecular weight excluding hydrogens is 310 g/mol. The molecule has 122 valence electrons. The molecule has 1 N–H and O–H groups in total. The molecule has 1 fully saturated rings. The Labute approximate surface area is 140 Å². The van der Waals surface area contributed by atoms with Gasteiger partial charge in [0.25, 0.3) is 5.91 Å². The van der Waals surface area contributed by atoms with Crippen LogP contribution in [-0.2, 0) is 5.41 Å². The van der Waals surface area contributed by atoms with Crippen molar-refractivity contribution in [2.75, 3.05) is 24.5 Å². The quantitative estimate of drug-likeness (QED) is 0.929. The van der Waals surface area contributed by atoms with Gasteiger partial charge in [-0.05, 0) is 12.1 Å². The van der Waals surface area contributed by atoms with Crippen LogP contribution in [0.5, 0.6) is 0 Å². The van der Waals surface area contributed by atoms with Gasteiger partial charge < -0.3 is 10.2 Å². The lowest BCUT2D eigenvalue weighted by Crippen LogP contribution is -2.52. The number of thiazole rings is 1. The minimum atomic E-state index is -0.0981. The molecule has 3 heterocycles. The fourth-order valence-electron chi connectivity index (χ4n) is 2.43. The van der Waals surface area contributed by atoms with Gasteiger partial charge in [-0.25, -0.2) is 4.98 Å². The lowest BCUT2D eigenvalue weighted by Gasteiger charge is -2.40. The monoisotopic (exact) mass is 331 g/mol. The minimum Gasteiger partial charge on any atom is -0.354 e. The van der Waals surface area contributed by atoms with E-state index in [-0.39, 0.29) is 11.3 Å². The van der Waals surface area contributed by atoms with Crippen LogP contribution in [0.15, 0.2) is 23.0 Å². The molecule has 0 aromatic carbocycles. The second-order valence-corrected chi connectivity index (χ2v) is 7.60. The van der Waals surface area contributed by atoms with E-state index in [0.29, 0.717) is 18.2 Å². The Bertz CT molecular complexity index is 657. The van der Waals surface area contributed by atoms with E-state index in [4.69, 9.17) is 0 Å². The average Bonchev–Trinajstić information content (AvgIpc) is 2.99. The first-order chi connectivity index (χ1) is 10.9. The highest BCUT2D eigenvalue weighted by Crippen LogP contribution is 2.24. The molecular formula is C16H21N5OS. The Hall–Kier alpha value is -2.02. The van der Waals surface area contributed by atoms with Crippen LogP contribution in [0, 0.1) is 5.92 Å². The van der Waals surface area contributed by atoms with Crippen molar-refractivity contribution in [3.8, 4) is 0 Å². The van der Waals surface area contributed by atoms with E-state index >= 15 is 0 Å². The fraction of sp³-hybridized carbons (Fsp3) is 0.500. The van der Waals surface area contributed by atoms with E-state index < -0.39 is 0 Å². The van der Waals surface area contributed by atoms with Crippen molar-refractivity contribution in [1.82, 2.24) is 20.5 Å². The number of nitrogens with zero attached hydrogens (tertiary/aromatic N) is 4. The normalized spacial score (nSPS) is 15.3. The molecule has 3 rings (SSSR count). The first-order valence-electron chi connectivity index (χ1n) is 7.69. The summed E-state index contributed by atoms with van der Waals surface area (Å²) in [6.45, 7) is 8.83. The lowest BCUT2D eigenvalue weighted by atomic mass is 9.92. The fourth-order valence-corrected chi connectivity index (χ4v) is 2.96. The van der Waals surface area contributed by atoms with Crippen LogP contribution in [-0.4, -0.2) is 40.7 Å². The number of aromatic nitrogens is 3. The molecule has 0 atom stereocenters. The highest BCUT2D eigenvalue weighted by Gasteiger charge is 2.28. The number of carbonyl (C=O) groups is 1. The topological polar surface area (TPSA) is 71.0 Å². The molecule has 0 saturated carbocycles. The zero-order chi connectivity index (χ0) is 16.4. The van der Waals surface area contributed by atoms with Crippen molar-refractivity contribution in [2.45, 2.75) is 26.2 Å². The van der Waals surface area contributed by atoms with E-state index in [9.17, 15) is 4.79 Å². The molecule has 2 aromatic heterocycles. The molecule has 1 saturated heterocycles. The van der Waals surface area contributed by atoms with Gasteiger partial charge in [0.1, 0.15) is 5.69 Å². The Morgan fingerprint density at radius 2 is 2.13 bits per heavy atom. The minimum absolute atomic E-state index is 0.0168. The molecule has 1 aliphatic heterocycles. The predicted octanol–water partition coefficient (Wildman–Crippen LogP) is 2.10. The number of anilines is 1. The second-order valence-electron chi connectivity index (χ2n) is 6.88. The van der Waals surface area contributed by atoms with Crippen LogP contribution in [0.3, 0.4) is 0 Å². The molecule has 0 unspecified atom stereocenters. The van der Waals surface area contributed by atoms with Crippen LogP contribution in [0.2, 0.25) is 0 Å². The Morgan fingerprint density at radius 3 is 2.70 bits per heavy atom. The van der Waals surface area contributed by atoms with Gasteiger partial charge in [-0.1, -0.05) is 20.8 Å². The van der Waals surface area contributed by atoms with Crippen LogP contribution < -0.4 is 10.2 Å². The summed E-state index contributed by atoms with van der Waals surface area (Å²) in [7, 11) is 0. The van der Waals surface area contributed by atoms with E-state index in [0.717, 1.165) is 24.6 Å². The van der Waals surface area contributed by atoms with E-state index in [1.165, 1.54) is 11.3 Å². The number of rotatable bonds is 4. The Kier molecular flexibility index (Phi) is 4.30. The predicted molar refractivity (Wildman–Crippen MR) is 90.9 cm³/mol. The van der Waals surface area contributed by atoms with Crippen LogP contribution in [0.25, 0.3) is 0 Å². The highest BCUT2D eigenvalue weighted by molar-refractivity contribution is 7.07.